The van der Waals surface area contributed by atoms with Crippen molar-refractivity contribution in [2.24, 2.45) is 18.0 Å². The molecule has 2 heterocycles. The molecule has 0 amide bonds. The summed E-state index contributed by atoms with van der Waals surface area (Å²) in [5.74, 6) is 2.18. The quantitative estimate of drug-likeness (QED) is 0.636. The summed E-state index contributed by atoms with van der Waals surface area (Å²) in [5, 5.41) is 3.63. The Balaban J connectivity index is 1.30. The molecule has 2 aliphatic rings. The van der Waals surface area contributed by atoms with Crippen LogP contribution in [-0.4, -0.2) is 59.7 Å². The van der Waals surface area contributed by atoms with Gasteiger partial charge in [-0.2, -0.15) is 0 Å². The van der Waals surface area contributed by atoms with E-state index in [4.69, 9.17) is 0 Å². The van der Waals surface area contributed by atoms with Crippen molar-refractivity contribution in [3.05, 3.63) is 58.6 Å². The summed E-state index contributed by atoms with van der Waals surface area (Å²) in [7, 11) is 3.61. The average Bonchev–Trinajstić information content (AvgIpc) is 3.46. The summed E-state index contributed by atoms with van der Waals surface area (Å²) < 4.78 is 1.58. The van der Waals surface area contributed by atoms with E-state index in [0.717, 1.165) is 38.6 Å². The van der Waals surface area contributed by atoms with Crippen molar-refractivity contribution in [1.82, 2.24) is 19.8 Å². The highest BCUT2D eigenvalue weighted by molar-refractivity contribution is 5.80. The molecule has 1 saturated heterocycles. The number of piperazine rings is 1. The first-order valence-corrected chi connectivity index (χ1v) is 9.94. The van der Waals surface area contributed by atoms with E-state index in [1.807, 2.05) is 7.05 Å². The lowest BCUT2D eigenvalue weighted by Gasteiger charge is -2.36. The summed E-state index contributed by atoms with van der Waals surface area (Å²) in [6, 6.07) is 11.2. The number of aliphatic imine (C=N–C) groups is 1. The molecule has 0 spiro atoms. The van der Waals surface area contributed by atoms with E-state index < -0.39 is 0 Å². The molecule has 2 fully saturated rings. The molecule has 2 aromatic rings. The molecule has 1 N–H and O–H groups in total. The largest absolute Gasteiger partial charge is 0.353 e. The van der Waals surface area contributed by atoms with Gasteiger partial charge >= 0.3 is 0 Å². The fourth-order valence-electron chi connectivity index (χ4n) is 3.86. The Morgan fingerprint density at radius 3 is 2.68 bits per heavy atom. The second-order valence-corrected chi connectivity index (χ2v) is 7.62. The number of guanidine groups is 1. The van der Waals surface area contributed by atoms with Crippen molar-refractivity contribution in [3.8, 4) is 0 Å². The van der Waals surface area contributed by atoms with Crippen LogP contribution >= 0.6 is 0 Å². The molecule has 7 heteroatoms. The molecule has 28 heavy (non-hydrogen) atoms. The number of nitrogens with one attached hydrogen (secondary N) is 1. The fourth-order valence-corrected chi connectivity index (χ4v) is 3.86. The molecule has 1 saturated carbocycles. The molecular formula is C21H28N6O. The molecule has 1 aromatic heterocycles. The number of hydrogen-bond acceptors (Lipinski definition) is 4. The van der Waals surface area contributed by atoms with Crippen LogP contribution in [0, 0.1) is 5.92 Å². The van der Waals surface area contributed by atoms with Gasteiger partial charge in [-0.25, -0.2) is 4.98 Å². The van der Waals surface area contributed by atoms with Crippen molar-refractivity contribution in [2.75, 3.05) is 38.1 Å². The second-order valence-electron chi connectivity index (χ2n) is 7.62. The highest BCUT2D eigenvalue weighted by Crippen LogP contribution is 2.33. The third kappa shape index (κ3) is 4.03. The molecular weight excluding hydrogens is 352 g/mol. The number of hydrogen-bond donors (Lipinski definition) is 1. The van der Waals surface area contributed by atoms with E-state index in [1.54, 1.807) is 24.0 Å². The zero-order valence-corrected chi connectivity index (χ0v) is 16.6. The van der Waals surface area contributed by atoms with Crippen LogP contribution in [0.25, 0.3) is 0 Å². The van der Waals surface area contributed by atoms with Crippen LogP contribution in [0.3, 0.4) is 0 Å². The molecule has 4 rings (SSSR count). The van der Waals surface area contributed by atoms with Crippen molar-refractivity contribution < 1.29 is 0 Å². The molecule has 0 radical (unpaired) electrons. The Bertz CT molecular complexity index is 885. The molecule has 148 valence electrons. The van der Waals surface area contributed by atoms with Gasteiger partial charge in [-0.15, -0.1) is 0 Å². The molecule has 1 aliphatic carbocycles. The Morgan fingerprint density at radius 2 is 1.96 bits per heavy atom. The van der Waals surface area contributed by atoms with Crippen molar-refractivity contribution in [3.63, 3.8) is 0 Å². The van der Waals surface area contributed by atoms with Gasteiger partial charge in [0.25, 0.3) is 5.56 Å². The number of anilines is 1. The van der Waals surface area contributed by atoms with E-state index in [9.17, 15) is 4.79 Å². The van der Waals surface area contributed by atoms with Crippen LogP contribution in [0.1, 0.15) is 12.0 Å². The maximum Gasteiger partial charge on any atom is 0.293 e. The smallest absolute Gasteiger partial charge is 0.293 e. The first-order valence-electron chi connectivity index (χ1n) is 9.94. The lowest BCUT2D eigenvalue weighted by atomic mass is 10.1. The monoisotopic (exact) mass is 380 g/mol. The number of aryl methyl sites for hydroxylation is 1. The van der Waals surface area contributed by atoms with Crippen LogP contribution in [0.2, 0.25) is 0 Å². The second kappa shape index (κ2) is 8.04. The molecule has 1 aliphatic heterocycles. The zero-order valence-electron chi connectivity index (χ0n) is 16.6. The minimum atomic E-state index is -0.0415. The lowest BCUT2D eigenvalue weighted by Crippen LogP contribution is -2.54. The van der Waals surface area contributed by atoms with Gasteiger partial charge in [0, 0.05) is 58.7 Å². The summed E-state index contributed by atoms with van der Waals surface area (Å²) >= 11 is 0. The number of rotatable bonds is 4. The number of nitrogens with zero attached hydrogens (tertiary/aromatic N) is 5. The van der Waals surface area contributed by atoms with Gasteiger partial charge in [-0.05, 0) is 24.3 Å². The maximum atomic E-state index is 12.3. The van der Waals surface area contributed by atoms with E-state index in [0.29, 0.717) is 17.8 Å². The predicted octanol–water partition coefficient (Wildman–Crippen LogP) is 1.11. The SMILES string of the molecule is CN=C(NC1CC1Cc1ccccc1)N1CCN(c2nccn(C)c2=O)CC1. The highest BCUT2D eigenvalue weighted by Gasteiger charge is 2.38. The Kier molecular flexibility index (Phi) is 5.32. The van der Waals surface area contributed by atoms with Crippen molar-refractivity contribution >= 4 is 11.8 Å². The van der Waals surface area contributed by atoms with Gasteiger partial charge in [0.15, 0.2) is 11.8 Å². The predicted molar refractivity (Wildman–Crippen MR) is 112 cm³/mol. The minimum absolute atomic E-state index is 0.0415. The average molecular weight is 380 g/mol. The van der Waals surface area contributed by atoms with Gasteiger partial charge in [-0.3, -0.25) is 9.79 Å². The standard InChI is InChI=1S/C21H28N6O/c1-22-21(24-18-15-17(18)14-16-6-4-3-5-7-16)27-12-10-26(11-13-27)19-20(28)25(2)9-8-23-19/h3-9,17-18H,10-15H2,1-2H3,(H,22,24). The maximum absolute atomic E-state index is 12.3. The lowest BCUT2D eigenvalue weighted by molar-refractivity contribution is 0.369. The minimum Gasteiger partial charge on any atom is -0.353 e. The van der Waals surface area contributed by atoms with Crippen LogP contribution in [-0.2, 0) is 13.5 Å². The van der Waals surface area contributed by atoms with Crippen LogP contribution in [0.15, 0.2) is 52.5 Å². The Labute approximate surface area is 165 Å². The van der Waals surface area contributed by atoms with E-state index >= 15 is 0 Å². The first-order chi connectivity index (χ1) is 13.7. The van der Waals surface area contributed by atoms with Gasteiger partial charge in [-0.1, -0.05) is 30.3 Å². The fraction of sp³-hybridized carbons (Fsp3) is 0.476. The van der Waals surface area contributed by atoms with E-state index in [2.05, 4.69) is 55.4 Å². The van der Waals surface area contributed by atoms with Crippen molar-refractivity contribution in [2.45, 2.75) is 18.9 Å². The first kappa shape index (κ1) is 18.5. The molecule has 7 nitrogen and oxygen atoms in total. The summed E-state index contributed by atoms with van der Waals surface area (Å²) in [4.78, 5) is 25.4. The van der Waals surface area contributed by atoms with Gasteiger partial charge in [0.2, 0.25) is 0 Å². The van der Waals surface area contributed by atoms with Gasteiger partial charge in [0.1, 0.15) is 0 Å². The third-order valence-corrected chi connectivity index (χ3v) is 5.67. The molecule has 2 atom stereocenters. The number of benzene rings is 1. The number of aromatic nitrogens is 2. The molecule has 2 unspecified atom stereocenters. The topological polar surface area (TPSA) is 65.8 Å². The summed E-state index contributed by atoms with van der Waals surface area (Å²) in [6.07, 6.45) is 5.68. The van der Waals surface area contributed by atoms with Gasteiger partial charge < -0.3 is 19.7 Å². The third-order valence-electron chi connectivity index (χ3n) is 5.67. The molecule has 1 aromatic carbocycles. The van der Waals surface area contributed by atoms with Crippen molar-refractivity contribution in [1.29, 1.82) is 0 Å². The Morgan fingerprint density at radius 1 is 1.21 bits per heavy atom. The Hall–Kier alpha value is -2.83. The normalized spacial score (nSPS) is 22.3. The summed E-state index contributed by atoms with van der Waals surface area (Å²) in [5.41, 5.74) is 1.36. The molecule has 0 bridgehead atoms. The van der Waals surface area contributed by atoms with Crippen LogP contribution < -0.4 is 15.8 Å². The summed E-state index contributed by atoms with van der Waals surface area (Å²) in [6.45, 7) is 3.20. The van der Waals surface area contributed by atoms with Crippen LogP contribution in [0.5, 0.6) is 0 Å². The van der Waals surface area contributed by atoms with E-state index in [1.165, 1.54) is 12.0 Å². The highest BCUT2D eigenvalue weighted by atomic mass is 16.1. The van der Waals surface area contributed by atoms with Gasteiger partial charge in [0.05, 0.1) is 0 Å². The zero-order chi connectivity index (χ0) is 19.5. The van der Waals surface area contributed by atoms with Crippen LogP contribution in [0.4, 0.5) is 5.82 Å². The van der Waals surface area contributed by atoms with E-state index in [-0.39, 0.29) is 5.56 Å².